The fourth-order valence-electron chi connectivity index (χ4n) is 2.81. The van der Waals surface area contributed by atoms with E-state index >= 15 is 0 Å². The van der Waals surface area contributed by atoms with Crippen molar-refractivity contribution in [1.82, 2.24) is 4.57 Å². The van der Waals surface area contributed by atoms with Gasteiger partial charge >= 0.3 is 0 Å². The molecule has 106 valence electrons. The summed E-state index contributed by atoms with van der Waals surface area (Å²) in [4.78, 5) is 0. The Morgan fingerprint density at radius 3 is 2.75 bits per heavy atom. The van der Waals surface area contributed by atoms with Crippen molar-refractivity contribution in [3.05, 3.63) is 47.2 Å². The number of nitrogens with one attached hydrogen (secondary N) is 1. The number of benzene rings is 1. The average Bonchev–Trinajstić information content (AvgIpc) is 2.89. The summed E-state index contributed by atoms with van der Waals surface area (Å²) in [5.74, 6) is 0. The zero-order chi connectivity index (χ0) is 14.7. The van der Waals surface area contributed by atoms with E-state index in [0.717, 1.165) is 24.1 Å². The van der Waals surface area contributed by atoms with Crippen LogP contribution in [0.5, 0.6) is 0 Å². The Morgan fingerprint density at radius 1 is 1.30 bits per heavy atom. The van der Waals surface area contributed by atoms with Gasteiger partial charge in [-0.15, -0.1) is 0 Å². The van der Waals surface area contributed by atoms with E-state index < -0.39 is 0 Å². The van der Waals surface area contributed by atoms with Gasteiger partial charge < -0.3 is 4.57 Å². The maximum atomic E-state index is 8.32. The van der Waals surface area contributed by atoms with Gasteiger partial charge in [-0.25, -0.2) is 0 Å². The summed E-state index contributed by atoms with van der Waals surface area (Å²) in [6.07, 6.45) is 6.53. The standard InChI is InChI=1S/C16H18N2.C2H6/c1-3-11(2)15(17)14-10-18-9-5-7-12-6-4-8-13(14)16(12)18;1-2/h3-4,6,8,10,17H,5,7,9H2,1-2H3;1-2H3/b11-3-,17-15?;. The van der Waals surface area contributed by atoms with Crippen LogP contribution in [0.4, 0.5) is 0 Å². The molecule has 0 fully saturated rings. The van der Waals surface area contributed by atoms with Crippen LogP contribution in [-0.2, 0) is 13.0 Å². The predicted octanol–water partition coefficient (Wildman–Crippen LogP) is 4.95. The normalized spacial score (nSPS) is 13.9. The number of rotatable bonds is 2. The van der Waals surface area contributed by atoms with Crippen molar-refractivity contribution in [3.63, 3.8) is 0 Å². The van der Waals surface area contributed by atoms with Gasteiger partial charge in [-0.3, -0.25) is 5.41 Å². The molecule has 1 aliphatic heterocycles. The van der Waals surface area contributed by atoms with Crippen molar-refractivity contribution < 1.29 is 0 Å². The number of nitrogens with zero attached hydrogens (tertiary/aromatic N) is 1. The number of aryl methyl sites for hydroxylation is 2. The van der Waals surface area contributed by atoms with Crippen LogP contribution in [-0.4, -0.2) is 10.3 Å². The molecule has 0 radical (unpaired) electrons. The first kappa shape index (κ1) is 14.6. The summed E-state index contributed by atoms with van der Waals surface area (Å²) >= 11 is 0. The first-order valence-corrected chi connectivity index (χ1v) is 7.55. The Morgan fingerprint density at radius 2 is 2.05 bits per heavy atom. The van der Waals surface area contributed by atoms with Crippen LogP contribution in [0, 0.1) is 5.41 Å². The molecule has 1 aromatic carbocycles. The smallest absolute Gasteiger partial charge is 0.0659 e. The molecule has 0 spiro atoms. The summed E-state index contributed by atoms with van der Waals surface area (Å²) < 4.78 is 2.32. The van der Waals surface area contributed by atoms with Crippen molar-refractivity contribution in [2.75, 3.05) is 0 Å². The second kappa shape index (κ2) is 6.08. The van der Waals surface area contributed by atoms with Crippen LogP contribution in [0.1, 0.15) is 45.2 Å². The molecule has 20 heavy (non-hydrogen) atoms. The first-order chi connectivity index (χ1) is 9.72. The van der Waals surface area contributed by atoms with E-state index in [1.165, 1.54) is 22.9 Å². The lowest BCUT2D eigenvalue weighted by atomic mass is 9.99. The van der Waals surface area contributed by atoms with Gasteiger partial charge in [0.25, 0.3) is 0 Å². The first-order valence-electron chi connectivity index (χ1n) is 7.55. The Balaban J connectivity index is 0.000000704. The highest BCUT2D eigenvalue weighted by atomic mass is 15.0. The zero-order valence-corrected chi connectivity index (χ0v) is 13.0. The molecule has 2 aromatic rings. The number of hydrogen-bond donors (Lipinski definition) is 1. The van der Waals surface area contributed by atoms with Gasteiger partial charge in [0, 0.05) is 23.7 Å². The van der Waals surface area contributed by atoms with Crippen LogP contribution in [0.3, 0.4) is 0 Å². The van der Waals surface area contributed by atoms with Crippen molar-refractivity contribution in [1.29, 1.82) is 5.41 Å². The van der Waals surface area contributed by atoms with E-state index in [9.17, 15) is 0 Å². The Kier molecular flexibility index (Phi) is 4.43. The highest BCUT2D eigenvalue weighted by Gasteiger charge is 2.18. The summed E-state index contributed by atoms with van der Waals surface area (Å²) in [5, 5.41) is 9.55. The summed E-state index contributed by atoms with van der Waals surface area (Å²) in [6.45, 7) is 9.08. The van der Waals surface area contributed by atoms with Crippen LogP contribution >= 0.6 is 0 Å². The lowest BCUT2D eigenvalue weighted by Gasteiger charge is -2.14. The third kappa shape index (κ3) is 2.31. The van der Waals surface area contributed by atoms with Crippen molar-refractivity contribution >= 4 is 16.6 Å². The lowest BCUT2D eigenvalue weighted by molar-refractivity contribution is 0.636. The van der Waals surface area contributed by atoms with Gasteiger partial charge in [-0.2, -0.15) is 0 Å². The number of allylic oxidation sites excluding steroid dienone is 2. The maximum absolute atomic E-state index is 8.32. The molecule has 2 heteroatoms. The van der Waals surface area contributed by atoms with Crippen molar-refractivity contribution in [2.24, 2.45) is 0 Å². The van der Waals surface area contributed by atoms with Gasteiger partial charge in [-0.05, 0) is 37.8 Å². The Hall–Kier alpha value is -1.83. The van der Waals surface area contributed by atoms with E-state index in [2.05, 4.69) is 29.0 Å². The van der Waals surface area contributed by atoms with Gasteiger partial charge in [0.2, 0.25) is 0 Å². The molecule has 2 heterocycles. The average molecular weight is 268 g/mol. The molecule has 1 N–H and O–H groups in total. The van der Waals surface area contributed by atoms with Crippen molar-refractivity contribution in [3.8, 4) is 0 Å². The van der Waals surface area contributed by atoms with Gasteiger partial charge in [-0.1, -0.05) is 38.1 Å². The Labute approximate surface area is 121 Å². The summed E-state index contributed by atoms with van der Waals surface area (Å²) in [5.41, 5.74) is 5.53. The molecule has 2 nitrogen and oxygen atoms in total. The van der Waals surface area contributed by atoms with Gasteiger partial charge in [0.1, 0.15) is 0 Å². The molecule has 0 amide bonds. The molecule has 0 aliphatic carbocycles. The second-order valence-corrected chi connectivity index (χ2v) is 5.00. The number of para-hydroxylation sites is 1. The fraction of sp³-hybridized carbons (Fsp3) is 0.389. The number of hydrogen-bond acceptors (Lipinski definition) is 1. The number of aromatic nitrogens is 1. The highest BCUT2D eigenvalue weighted by Crippen LogP contribution is 2.30. The fourth-order valence-corrected chi connectivity index (χ4v) is 2.81. The van der Waals surface area contributed by atoms with Crippen LogP contribution in [0.15, 0.2) is 36.0 Å². The molecular weight excluding hydrogens is 244 g/mol. The van der Waals surface area contributed by atoms with Gasteiger partial charge in [0.15, 0.2) is 0 Å². The van der Waals surface area contributed by atoms with Crippen LogP contribution < -0.4 is 0 Å². The molecular formula is C18H24N2. The second-order valence-electron chi connectivity index (χ2n) is 5.00. The van der Waals surface area contributed by atoms with Gasteiger partial charge in [0.05, 0.1) is 11.2 Å². The zero-order valence-electron chi connectivity index (χ0n) is 13.0. The SMILES string of the molecule is C/C=C(/C)C(=N)c1cn2c3c(cccc13)CCC2.CC. The molecule has 0 unspecified atom stereocenters. The molecule has 0 atom stereocenters. The molecule has 0 saturated carbocycles. The van der Waals surface area contributed by atoms with E-state index in [1.807, 2.05) is 33.8 Å². The highest BCUT2D eigenvalue weighted by molar-refractivity contribution is 6.17. The molecule has 0 saturated heterocycles. The minimum atomic E-state index is 0.653. The van der Waals surface area contributed by atoms with Crippen LogP contribution in [0.2, 0.25) is 0 Å². The molecule has 1 aromatic heterocycles. The van der Waals surface area contributed by atoms with Crippen molar-refractivity contribution in [2.45, 2.75) is 47.1 Å². The van der Waals surface area contributed by atoms with E-state index in [0.29, 0.717) is 5.71 Å². The Bertz CT molecular complexity index is 659. The third-order valence-electron chi connectivity index (χ3n) is 3.92. The minimum Gasteiger partial charge on any atom is -0.347 e. The lowest BCUT2D eigenvalue weighted by Crippen LogP contribution is -2.05. The topological polar surface area (TPSA) is 28.8 Å². The molecule has 1 aliphatic rings. The van der Waals surface area contributed by atoms with E-state index in [-0.39, 0.29) is 0 Å². The predicted molar refractivity (Wildman–Crippen MR) is 87.9 cm³/mol. The largest absolute Gasteiger partial charge is 0.347 e. The quantitative estimate of drug-likeness (QED) is 0.747. The summed E-state index contributed by atoms with van der Waals surface area (Å²) in [7, 11) is 0. The minimum absolute atomic E-state index is 0.653. The monoisotopic (exact) mass is 268 g/mol. The molecule has 3 rings (SSSR count). The van der Waals surface area contributed by atoms with Crippen LogP contribution in [0.25, 0.3) is 10.9 Å². The van der Waals surface area contributed by atoms with E-state index in [1.54, 1.807) is 0 Å². The molecule has 0 bridgehead atoms. The third-order valence-corrected chi connectivity index (χ3v) is 3.92. The maximum Gasteiger partial charge on any atom is 0.0659 e. The summed E-state index contributed by atoms with van der Waals surface area (Å²) in [6, 6.07) is 6.48. The van der Waals surface area contributed by atoms with E-state index in [4.69, 9.17) is 5.41 Å².